The van der Waals surface area contributed by atoms with Crippen LogP contribution < -0.4 is 16.0 Å². The highest BCUT2D eigenvalue weighted by Gasteiger charge is 2.29. The Hall–Kier alpha value is -4.42. The number of nitriles is 1. The van der Waals surface area contributed by atoms with Crippen molar-refractivity contribution < 1.29 is 9.00 Å². The third kappa shape index (κ3) is 6.10. The Morgan fingerprint density at radius 1 is 1.00 bits per heavy atom. The zero-order chi connectivity index (χ0) is 26.7. The Labute approximate surface area is 222 Å². The third-order valence-corrected chi connectivity index (χ3v) is 7.09. The molecule has 3 aromatic carbocycles. The summed E-state index contributed by atoms with van der Waals surface area (Å²) in [7, 11) is -2.08. The van der Waals surface area contributed by atoms with E-state index in [9.17, 15) is 14.3 Å². The molecule has 1 saturated carbocycles. The van der Waals surface area contributed by atoms with Gasteiger partial charge in [0.05, 0.1) is 23.2 Å². The topological polar surface area (TPSA) is 119 Å². The van der Waals surface area contributed by atoms with E-state index in [2.05, 4.69) is 31.4 Å². The lowest BCUT2D eigenvalue weighted by molar-refractivity contribution is 0.102. The summed E-state index contributed by atoms with van der Waals surface area (Å²) in [4.78, 5) is 17.4. The fourth-order valence-corrected chi connectivity index (χ4v) is 5.39. The molecule has 5 rings (SSSR count). The number of nitrogens with zero attached hydrogens (tertiary/aromatic N) is 3. The van der Waals surface area contributed by atoms with Crippen molar-refractivity contribution in [1.82, 2.24) is 4.98 Å². The SMILES string of the molecule is CS(C)(=O)=NC1CC(Nc2cccc(NC(=O)c3cccc(Nc4ccnc5ccc(C#N)cc45)c3)c2)C1. The summed E-state index contributed by atoms with van der Waals surface area (Å²) in [6, 6.07) is 24.6. The Morgan fingerprint density at radius 3 is 2.55 bits per heavy atom. The molecule has 9 heteroatoms. The highest BCUT2D eigenvalue weighted by atomic mass is 32.2. The molecule has 0 saturated heterocycles. The van der Waals surface area contributed by atoms with Gasteiger partial charge in [-0.1, -0.05) is 12.1 Å². The van der Waals surface area contributed by atoms with E-state index >= 15 is 0 Å². The van der Waals surface area contributed by atoms with Crippen molar-refractivity contribution in [3.63, 3.8) is 0 Å². The largest absolute Gasteiger partial charge is 0.382 e. The number of anilines is 4. The third-order valence-electron chi connectivity index (χ3n) is 6.28. The van der Waals surface area contributed by atoms with Crippen molar-refractivity contribution in [2.24, 2.45) is 4.36 Å². The molecule has 1 heterocycles. The average Bonchev–Trinajstić information content (AvgIpc) is 2.87. The van der Waals surface area contributed by atoms with Crippen LogP contribution in [0.3, 0.4) is 0 Å². The molecule has 1 amide bonds. The maximum atomic E-state index is 13.0. The fraction of sp³-hybridized carbons (Fsp3) is 0.207. The van der Waals surface area contributed by atoms with Crippen molar-refractivity contribution in [3.8, 4) is 6.07 Å². The second kappa shape index (κ2) is 10.5. The molecular formula is C29H28N6O2S. The monoisotopic (exact) mass is 524 g/mol. The first-order valence-corrected chi connectivity index (χ1v) is 14.6. The Kier molecular flexibility index (Phi) is 6.99. The van der Waals surface area contributed by atoms with Crippen LogP contribution in [0.4, 0.5) is 22.7 Å². The molecule has 1 aliphatic carbocycles. The van der Waals surface area contributed by atoms with Crippen LogP contribution in [0.2, 0.25) is 0 Å². The van der Waals surface area contributed by atoms with Gasteiger partial charge >= 0.3 is 0 Å². The van der Waals surface area contributed by atoms with Gasteiger partial charge in [0.15, 0.2) is 0 Å². The summed E-state index contributed by atoms with van der Waals surface area (Å²) in [6.07, 6.45) is 6.73. The van der Waals surface area contributed by atoms with Gasteiger partial charge in [-0.15, -0.1) is 0 Å². The van der Waals surface area contributed by atoms with Crippen LogP contribution in [0.15, 0.2) is 83.4 Å². The number of carbonyl (C=O) groups excluding carboxylic acids is 1. The van der Waals surface area contributed by atoms with Gasteiger partial charge in [0.1, 0.15) is 0 Å². The van der Waals surface area contributed by atoms with E-state index in [1.807, 2.05) is 48.5 Å². The standard InChI is InChI=1S/C29H28N6O2S/c1-38(2,37)35-25-16-24(17-25)32-22-7-4-8-23(15-22)34-29(36)20-5-3-6-21(14-20)33-28-11-12-31-27-10-9-19(18-30)13-26(27)28/h3-15,24-25,32H,16-17H2,1-2H3,(H,31,33)(H,34,36). The van der Waals surface area contributed by atoms with E-state index in [4.69, 9.17) is 0 Å². The Balaban J connectivity index is 1.25. The Morgan fingerprint density at radius 2 is 1.76 bits per heavy atom. The number of hydrogen-bond acceptors (Lipinski definition) is 7. The van der Waals surface area contributed by atoms with Crippen LogP contribution in [0, 0.1) is 11.3 Å². The van der Waals surface area contributed by atoms with E-state index in [-0.39, 0.29) is 18.0 Å². The minimum absolute atomic E-state index is 0.136. The van der Waals surface area contributed by atoms with Crippen molar-refractivity contribution >= 4 is 49.3 Å². The first kappa shape index (κ1) is 25.2. The van der Waals surface area contributed by atoms with Crippen LogP contribution in [0.1, 0.15) is 28.8 Å². The molecule has 3 N–H and O–H groups in total. The van der Waals surface area contributed by atoms with Gasteiger partial charge in [0.25, 0.3) is 5.91 Å². The zero-order valence-corrected chi connectivity index (χ0v) is 22.0. The molecule has 0 aliphatic heterocycles. The lowest BCUT2D eigenvalue weighted by atomic mass is 9.87. The van der Waals surface area contributed by atoms with E-state index in [1.54, 1.807) is 43.0 Å². The van der Waals surface area contributed by atoms with Crippen LogP contribution in [-0.4, -0.2) is 39.7 Å². The molecule has 8 nitrogen and oxygen atoms in total. The molecule has 1 fully saturated rings. The Bertz CT molecular complexity index is 1670. The summed E-state index contributed by atoms with van der Waals surface area (Å²) < 4.78 is 16.2. The predicted molar refractivity (Wildman–Crippen MR) is 153 cm³/mol. The minimum Gasteiger partial charge on any atom is -0.382 e. The first-order valence-electron chi connectivity index (χ1n) is 12.3. The second-order valence-electron chi connectivity index (χ2n) is 9.70. The smallest absolute Gasteiger partial charge is 0.255 e. The molecule has 38 heavy (non-hydrogen) atoms. The van der Waals surface area contributed by atoms with Gasteiger partial charge < -0.3 is 16.0 Å². The molecule has 0 spiro atoms. The average molecular weight is 525 g/mol. The zero-order valence-electron chi connectivity index (χ0n) is 21.1. The molecule has 1 aromatic heterocycles. The molecule has 0 bridgehead atoms. The van der Waals surface area contributed by atoms with E-state index in [0.717, 1.165) is 40.8 Å². The normalized spacial score (nSPS) is 16.7. The predicted octanol–water partition coefficient (Wildman–Crippen LogP) is 5.77. The van der Waals surface area contributed by atoms with Crippen molar-refractivity contribution in [2.75, 3.05) is 28.5 Å². The molecule has 4 aromatic rings. The summed E-state index contributed by atoms with van der Waals surface area (Å²) >= 11 is 0. The first-order chi connectivity index (χ1) is 18.3. The highest BCUT2D eigenvalue weighted by molar-refractivity contribution is 7.92. The lowest BCUT2D eigenvalue weighted by Crippen LogP contribution is -2.38. The van der Waals surface area contributed by atoms with Crippen molar-refractivity contribution in [3.05, 3.63) is 90.1 Å². The minimum atomic E-state index is -2.08. The van der Waals surface area contributed by atoms with Gasteiger partial charge in [0, 0.05) is 68.2 Å². The molecule has 0 unspecified atom stereocenters. The fourth-order valence-electron chi connectivity index (χ4n) is 4.49. The lowest BCUT2D eigenvalue weighted by Gasteiger charge is -2.34. The number of amides is 1. The highest BCUT2D eigenvalue weighted by Crippen LogP contribution is 2.29. The summed E-state index contributed by atoms with van der Waals surface area (Å²) in [6.45, 7) is 0. The number of pyridine rings is 1. The quantitative estimate of drug-likeness (QED) is 0.282. The second-order valence-corrected chi connectivity index (χ2v) is 12.3. The molecule has 192 valence electrons. The number of aromatic nitrogens is 1. The molecular weight excluding hydrogens is 496 g/mol. The van der Waals surface area contributed by atoms with Crippen LogP contribution in [0.5, 0.6) is 0 Å². The molecule has 1 aliphatic rings. The molecule has 0 radical (unpaired) electrons. The van der Waals surface area contributed by atoms with E-state index in [0.29, 0.717) is 16.8 Å². The van der Waals surface area contributed by atoms with Crippen LogP contribution in [-0.2, 0) is 9.73 Å². The summed E-state index contributed by atoms with van der Waals surface area (Å²) in [5.74, 6) is -0.222. The van der Waals surface area contributed by atoms with Gasteiger partial charge in [0.2, 0.25) is 0 Å². The van der Waals surface area contributed by atoms with Gasteiger partial charge in [-0.2, -0.15) is 5.26 Å². The maximum absolute atomic E-state index is 13.0. The van der Waals surface area contributed by atoms with E-state index < -0.39 is 9.73 Å². The van der Waals surface area contributed by atoms with E-state index in [1.165, 1.54) is 0 Å². The van der Waals surface area contributed by atoms with Crippen molar-refractivity contribution in [1.29, 1.82) is 5.26 Å². The van der Waals surface area contributed by atoms with Crippen molar-refractivity contribution in [2.45, 2.75) is 24.9 Å². The maximum Gasteiger partial charge on any atom is 0.255 e. The van der Waals surface area contributed by atoms with Crippen LogP contribution >= 0.6 is 0 Å². The number of hydrogen-bond donors (Lipinski definition) is 3. The number of fused-ring (bicyclic) bond motifs is 1. The van der Waals surface area contributed by atoms with Gasteiger partial charge in [-0.3, -0.25) is 14.0 Å². The number of nitrogens with one attached hydrogen (secondary N) is 3. The summed E-state index contributed by atoms with van der Waals surface area (Å²) in [5, 5.41) is 19.9. The van der Waals surface area contributed by atoms with Gasteiger partial charge in [-0.25, -0.2) is 4.36 Å². The van der Waals surface area contributed by atoms with Gasteiger partial charge in [-0.05, 0) is 73.5 Å². The van der Waals surface area contributed by atoms with Crippen LogP contribution in [0.25, 0.3) is 10.9 Å². The molecule has 0 atom stereocenters. The number of carbonyl (C=O) groups is 1. The number of rotatable bonds is 7. The number of benzene rings is 3. The summed E-state index contributed by atoms with van der Waals surface area (Å²) in [5.41, 5.74) is 4.99.